The van der Waals surface area contributed by atoms with Gasteiger partial charge in [-0.1, -0.05) is 6.07 Å². The third-order valence-corrected chi connectivity index (χ3v) is 4.19. The molecule has 8 heteroatoms. The highest BCUT2D eigenvalue weighted by atomic mass is 32.2. The van der Waals surface area contributed by atoms with E-state index in [1.807, 2.05) is 32.0 Å². The molecule has 26 heavy (non-hydrogen) atoms. The first kappa shape index (κ1) is 19.6. The van der Waals surface area contributed by atoms with Crippen molar-refractivity contribution in [3.63, 3.8) is 0 Å². The van der Waals surface area contributed by atoms with Gasteiger partial charge in [-0.2, -0.15) is 0 Å². The van der Waals surface area contributed by atoms with Crippen molar-refractivity contribution in [3.05, 3.63) is 47.5 Å². The molecule has 0 unspecified atom stereocenters. The van der Waals surface area contributed by atoms with Crippen LogP contribution in [0.3, 0.4) is 0 Å². The van der Waals surface area contributed by atoms with Gasteiger partial charge in [0.15, 0.2) is 11.5 Å². The molecule has 140 valence electrons. The minimum absolute atomic E-state index is 0.0861. The summed E-state index contributed by atoms with van der Waals surface area (Å²) < 4.78 is 37.5. The molecule has 2 aromatic carbocycles. The van der Waals surface area contributed by atoms with E-state index in [0.717, 1.165) is 23.1 Å². The minimum atomic E-state index is -3.60. The van der Waals surface area contributed by atoms with E-state index in [2.05, 4.69) is 15.0 Å². The summed E-state index contributed by atoms with van der Waals surface area (Å²) in [7, 11) is -0.531. The first-order chi connectivity index (χ1) is 12.2. The third-order valence-electron chi connectivity index (χ3n) is 3.67. The highest BCUT2D eigenvalue weighted by molar-refractivity contribution is 7.89. The maximum absolute atomic E-state index is 11.7. The maximum atomic E-state index is 11.7. The van der Waals surface area contributed by atoms with Crippen molar-refractivity contribution < 1.29 is 17.9 Å². The van der Waals surface area contributed by atoms with Crippen LogP contribution in [0.15, 0.2) is 40.8 Å². The Kier molecular flexibility index (Phi) is 6.10. The average molecular weight is 377 g/mol. The highest BCUT2D eigenvalue weighted by Gasteiger charge is 2.10. The Hall–Kier alpha value is -2.74. The molecule has 0 aromatic heterocycles. The molecule has 0 aliphatic carbocycles. The molecular weight excluding hydrogens is 354 g/mol. The Morgan fingerprint density at radius 1 is 0.885 bits per heavy atom. The van der Waals surface area contributed by atoms with E-state index in [-0.39, 0.29) is 5.96 Å². The van der Waals surface area contributed by atoms with E-state index in [1.54, 1.807) is 25.3 Å². The number of guanidine groups is 1. The molecule has 2 rings (SSSR count). The number of aryl methyl sites for hydroxylation is 2. The number of nitrogens with zero attached hydrogens (tertiary/aromatic N) is 1. The van der Waals surface area contributed by atoms with Gasteiger partial charge in [0.1, 0.15) is 0 Å². The fourth-order valence-corrected chi connectivity index (χ4v) is 2.67. The van der Waals surface area contributed by atoms with Crippen molar-refractivity contribution in [1.82, 2.24) is 0 Å². The highest BCUT2D eigenvalue weighted by Crippen LogP contribution is 2.29. The summed E-state index contributed by atoms with van der Waals surface area (Å²) in [6, 6.07) is 10.9. The van der Waals surface area contributed by atoms with Crippen molar-refractivity contribution in [1.29, 1.82) is 0 Å². The second-order valence-corrected chi connectivity index (χ2v) is 7.44. The predicted octanol–water partition coefficient (Wildman–Crippen LogP) is 3.16. The summed E-state index contributed by atoms with van der Waals surface area (Å²) in [5.74, 6) is 1.17. The summed E-state index contributed by atoms with van der Waals surface area (Å²) in [5, 5.41) is 5.97. The van der Waals surface area contributed by atoms with Crippen LogP contribution in [-0.2, 0) is 10.0 Å². The van der Waals surface area contributed by atoms with Crippen molar-refractivity contribution in [2.45, 2.75) is 13.8 Å². The molecule has 0 saturated heterocycles. The van der Waals surface area contributed by atoms with Gasteiger partial charge in [0.05, 0.1) is 20.5 Å². The quantitative estimate of drug-likeness (QED) is 0.615. The summed E-state index contributed by atoms with van der Waals surface area (Å²) in [5.41, 5.74) is 3.55. The lowest BCUT2D eigenvalue weighted by Crippen LogP contribution is -2.23. The first-order valence-electron chi connectivity index (χ1n) is 7.85. The Balaban J connectivity index is 2.34. The summed E-state index contributed by atoms with van der Waals surface area (Å²) in [4.78, 5) is 0. The summed E-state index contributed by atoms with van der Waals surface area (Å²) in [6.45, 7) is 3.99. The second-order valence-electron chi connectivity index (χ2n) is 5.79. The van der Waals surface area contributed by atoms with Gasteiger partial charge in [-0.15, -0.1) is 4.40 Å². The number of methoxy groups -OCH3 is 2. The smallest absolute Gasteiger partial charge is 0.253 e. The van der Waals surface area contributed by atoms with Crippen LogP contribution in [0.5, 0.6) is 11.5 Å². The lowest BCUT2D eigenvalue weighted by atomic mass is 10.1. The van der Waals surface area contributed by atoms with Crippen LogP contribution in [0.4, 0.5) is 11.4 Å². The largest absolute Gasteiger partial charge is 0.493 e. The Bertz CT molecular complexity index is 924. The lowest BCUT2D eigenvalue weighted by molar-refractivity contribution is 0.355. The summed E-state index contributed by atoms with van der Waals surface area (Å²) >= 11 is 0. The standard InChI is InChI=1S/C18H23N3O4S/c1-12-6-7-14(10-13(12)2)19-18(21-26(5,22)23)20-15-8-9-16(24-3)17(11-15)25-4/h6-11H,1-5H3,(H2,19,20,21). The zero-order chi connectivity index (χ0) is 19.3. The van der Waals surface area contributed by atoms with Crippen molar-refractivity contribution in [2.75, 3.05) is 31.1 Å². The molecule has 0 fully saturated rings. The molecule has 0 aliphatic rings. The van der Waals surface area contributed by atoms with Gasteiger partial charge < -0.3 is 20.1 Å². The number of ether oxygens (including phenoxy) is 2. The number of rotatable bonds is 5. The van der Waals surface area contributed by atoms with Crippen LogP contribution in [0.2, 0.25) is 0 Å². The molecule has 0 radical (unpaired) electrons. The number of anilines is 2. The fraction of sp³-hybridized carbons (Fsp3) is 0.278. The van der Waals surface area contributed by atoms with E-state index in [0.29, 0.717) is 17.2 Å². The van der Waals surface area contributed by atoms with E-state index < -0.39 is 10.0 Å². The van der Waals surface area contributed by atoms with Crippen molar-refractivity contribution in [2.24, 2.45) is 4.40 Å². The van der Waals surface area contributed by atoms with Gasteiger partial charge in [-0.3, -0.25) is 0 Å². The van der Waals surface area contributed by atoms with E-state index >= 15 is 0 Å². The Morgan fingerprint density at radius 3 is 2.00 bits per heavy atom. The predicted molar refractivity (Wildman–Crippen MR) is 105 cm³/mol. The average Bonchev–Trinajstić information content (AvgIpc) is 2.56. The van der Waals surface area contributed by atoms with Crippen molar-refractivity contribution >= 4 is 27.4 Å². The van der Waals surface area contributed by atoms with Crippen LogP contribution in [-0.4, -0.2) is 34.9 Å². The molecule has 0 bridgehead atoms. The Labute approximate surface area is 154 Å². The third kappa shape index (κ3) is 5.38. The van der Waals surface area contributed by atoms with Gasteiger partial charge in [-0.05, 0) is 49.2 Å². The first-order valence-corrected chi connectivity index (χ1v) is 9.70. The van der Waals surface area contributed by atoms with Gasteiger partial charge in [0, 0.05) is 17.4 Å². The van der Waals surface area contributed by atoms with Crippen LogP contribution in [0.1, 0.15) is 11.1 Å². The van der Waals surface area contributed by atoms with Crippen molar-refractivity contribution in [3.8, 4) is 11.5 Å². The molecule has 7 nitrogen and oxygen atoms in total. The molecular formula is C18H23N3O4S. The second kappa shape index (κ2) is 8.09. The zero-order valence-corrected chi connectivity index (χ0v) is 16.3. The maximum Gasteiger partial charge on any atom is 0.253 e. The molecule has 2 N–H and O–H groups in total. The molecule has 0 amide bonds. The normalized spacial score (nSPS) is 11.8. The molecule has 0 heterocycles. The fourth-order valence-electron chi connectivity index (χ4n) is 2.25. The Morgan fingerprint density at radius 2 is 1.46 bits per heavy atom. The lowest BCUT2D eigenvalue weighted by Gasteiger charge is -2.15. The van der Waals surface area contributed by atoms with Gasteiger partial charge in [-0.25, -0.2) is 8.42 Å². The zero-order valence-electron chi connectivity index (χ0n) is 15.5. The van der Waals surface area contributed by atoms with Gasteiger partial charge in [0.2, 0.25) is 5.96 Å². The summed E-state index contributed by atoms with van der Waals surface area (Å²) in [6.07, 6.45) is 1.03. The van der Waals surface area contributed by atoms with Crippen LogP contribution < -0.4 is 20.1 Å². The number of hydrogen-bond donors (Lipinski definition) is 2. The minimum Gasteiger partial charge on any atom is -0.493 e. The number of sulfonamides is 1. The number of hydrogen-bond acceptors (Lipinski definition) is 4. The topological polar surface area (TPSA) is 89.0 Å². The van der Waals surface area contributed by atoms with Crippen LogP contribution in [0.25, 0.3) is 0 Å². The molecule has 0 spiro atoms. The molecule has 0 saturated carbocycles. The molecule has 0 aliphatic heterocycles. The number of benzene rings is 2. The monoisotopic (exact) mass is 377 g/mol. The van der Waals surface area contributed by atoms with Gasteiger partial charge in [0.25, 0.3) is 10.0 Å². The SMILES string of the molecule is COc1ccc(N/C(=N/S(C)(=O)=O)Nc2ccc(C)c(C)c2)cc1OC. The van der Waals surface area contributed by atoms with Gasteiger partial charge >= 0.3 is 0 Å². The number of nitrogens with one attached hydrogen (secondary N) is 2. The van der Waals surface area contributed by atoms with E-state index in [4.69, 9.17) is 9.47 Å². The molecule has 2 aromatic rings. The van der Waals surface area contributed by atoms with Crippen LogP contribution >= 0.6 is 0 Å². The van der Waals surface area contributed by atoms with Crippen LogP contribution in [0, 0.1) is 13.8 Å². The van der Waals surface area contributed by atoms with E-state index in [9.17, 15) is 8.42 Å². The molecule has 0 atom stereocenters. The van der Waals surface area contributed by atoms with E-state index in [1.165, 1.54) is 7.11 Å².